The molecule has 162 valence electrons. The van der Waals surface area contributed by atoms with Gasteiger partial charge in [0.2, 0.25) is 5.95 Å². The Hall–Kier alpha value is -3.65. The van der Waals surface area contributed by atoms with Crippen LogP contribution in [0.4, 0.5) is 16.8 Å². The topological polar surface area (TPSA) is 103 Å². The molecule has 8 heteroatoms. The third kappa shape index (κ3) is 3.73. The number of nitrogens with two attached hydrogens (primary N) is 2. The van der Waals surface area contributed by atoms with Crippen molar-refractivity contribution in [1.29, 1.82) is 0 Å². The number of ether oxygens (including phenoxy) is 1. The number of allylic oxidation sites excluding steroid dienone is 1. The molecule has 0 spiro atoms. The molecule has 0 unspecified atom stereocenters. The van der Waals surface area contributed by atoms with Gasteiger partial charge in [0.1, 0.15) is 23.0 Å². The zero-order valence-electron chi connectivity index (χ0n) is 17.8. The number of nitrogen functional groups attached to an aromatic ring is 2. The van der Waals surface area contributed by atoms with Gasteiger partial charge in [-0.2, -0.15) is 4.98 Å². The molecule has 1 aliphatic rings. The van der Waals surface area contributed by atoms with E-state index in [1.165, 1.54) is 11.3 Å². The lowest BCUT2D eigenvalue weighted by molar-refractivity contribution is 0.331. The van der Waals surface area contributed by atoms with Crippen molar-refractivity contribution in [3.05, 3.63) is 66.0 Å². The highest BCUT2D eigenvalue weighted by atomic mass is 32.1. The molecule has 1 aromatic carbocycles. The summed E-state index contributed by atoms with van der Waals surface area (Å²) >= 11 is 1.50. The molecule has 0 aliphatic carbocycles. The van der Waals surface area contributed by atoms with E-state index in [1.807, 2.05) is 31.3 Å². The first kappa shape index (κ1) is 20.3. The first-order valence-electron chi connectivity index (χ1n) is 10.4. The number of pyridine rings is 1. The molecule has 3 aromatic heterocycles. The second-order valence-corrected chi connectivity index (χ2v) is 8.88. The average Bonchev–Trinajstić information content (AvgIpc) is 3.01. The molecule has 1 aliphatic heterocycles. The Bertz CT molecular complexity index is 1330. The predicted octanol–water partition coefficient (Wildman–Crippen LogP) is 4.35. The van der Waals surface area contributed by atoms with Crippen molar-refractivity contribution in [2.75, 3.05) is 29.5 Å². The van der Waals surface area contributed by atoms with Crippen molar-refractivity contribution < 1.29 is 4.74 Å². The van der Waals surface area contributed by atoms with E-state index in [1.54, 1.807) is 0 Å². The minimum Gasteiger partial charge on any atom is -0.491 e. The number of nitrogens with zero attached hydrogens (tertiary/aromatic N) is 4. The van der Waals surface area contributed by atoms with Crippen LogP contribution in [-0.2, 0) is 13.0 Å². The molecule has 0 amide bonds. The van der Waals surface area contributed by atoms with Crippen LogP contribution in [0, 0.1) is 6.92 Å². The third-order valence-corrected chi connectivity index (χ3v) is 6.51. The van der Waals surface area contributed by atoms with Gasteiger partial charge in [0.25, 0.3) is 0 Å². The molecule has 7 nitrogen and oxygen atoms in total. The van der Waals surface area contributed by atoms with Crippen molar-refractivity contribution >= 4 is 38.3 Å². The molecular formula is C24H24N6OS. The fourth-order valence-electron chi connectivity index (χ4n) is 4.11. The quantitative estimate of drug-likeness (QED) is 0.451. The van der Waals surface area contributed by atoms with E-state index >= 15 is 0 Å². The summed E-state index contributed by atoms with van der Waals surface area (Å²) in [5, 5.41) is 1.82. The van der Waals surface area contributed by atoms with Crippen LogP contribution in [0.25, 0.3) is 21.3 Å². The zero-order chi connectivity index (χ0) is 22.2. The molecule has 32 heavy (non-hydrogen) atoms. The van der Waals surface area contributed by atoms with Crippen LogP contribution in [0.2, 0.25) is 0 Å². The summed E-state index contributed by atoms with van der Waals surface area (Å²) in [5.74, 6) is 2.00. The standard InChI is InChI=1S/C24H24N6OS/c1-3-4-19-14(2)28-24(26)29-22(19)30-7-8-31-20-6-5-15(9-18(20)13-30)17-10-16-11-21(25)32-23(16)27-12-17/h3,5-6,9-12H,1,4,7-8,13,25H2,2H3,(H2,26,28,29). The number of benzene rings is 1. The van der Waals surface area contributed by atoms with E-state index in [4.69, 9.17) is 16.2 Å². The number of aryl methyl sites for hydroxylation is 1. The largest absolute Gasteiger partial charge is 0.491 e. The molecule has 0 saturated carbocycles. The van der Waals surface area contributed by atoms with Gasteiger partial charge in [0.05, 0.1) is 11.5 Å². The van der Waals surface area contributed by atoms with Gasteiger partial charge in [-0.1, -0.05) is 23.5 Å². The van der Waals surface area contributed by atoms with Gasteiger partial charge in [-0.05, 0) is 43.2 Å². The third-order valence-electron chi connectivity index (χ3n) is 5.62. The van der Waals surface area contributed by atoms with Crippen LogP contribution in [0.1, 0.15) is 16.8 Å². The lowest BCUT2D eigenvalue weighted by Gasteiger charge is -2.24. The summed E-state index contributed by atoms with van der Waals surface area (Å²) in [5.41, 5.74) is 17.1. The molecule has 5 rings (SSSR count). The van der Waals surface area contributed by atoms with E-state index < -0.39 is 0 Å². The maximum absolute atomic E-state index is 6.06. The Morgan fingerprint density at radius 2 is 2.06 bits per heavy atom. The number of hydrogen-bond donors (Lipinski definition) is 2. The normalized spacial score (nSPS) is 13.5. The van der Waals surface area contributed by atoms with Crippen LogP contribution >= 0.6 is 11.3 Å². The Labute approximate surface area is 190 Å². The van der Waals surface area contributed by atoms with Gasteiger partial charge in [-0.3, -0.25) is 0 Å². The number of hydrogen-bond acceptors (Lipinski definition) is 8. The molecule has 0 fully saturated rings. The number of rotatable bonds is 4. The molecule has 4 N–H and O–H groups in total. The van der Waals surface area contributed by atoms with Gasteiger partial charge in [-0.15, -0.1) is 6.58 Å². The number of anilines is 3. The minimum absolute atomic E-state index is 0.277. The summed E-state index contributed by atoms with van der Waals surface area (Å²) < 4.78 is 6.06. The monoisotopic (exact) mass is 444 g/mol. The van der Waals surface area contributed by atoms with E-state index in [2.05, 4.69) is 44.6 Å². The lowest BCUT2D eigenvalue weighted by atomic mass is 10.0. The van der Waals surface area contributed by atoms with Crippen molar-refractivity contribution in [2.45, 2.75) is 19.9 Å². The SMILES string of the molecule is C=CCc1c(C)nc(N)nc1N1CCOc2ccc(-c3cnc4sc(N)cc4c3)cc2C1. The number of fused-ring (bicyclic) bond motifs is 2. The average molecular weight is 445 g/mol. The van der Waals surface area contributed by atoms with Crippen LogP contribution in [0.15, 0.2) is 49.2 Å². The summed E-state index contributed by atoms with van der Waals surface area (Å²) in [6.45, 7) is 7.76. The highest BCUT2D eigenvalue weighted by molar-refractivity contribution is 7.22. The zero-order valence-corrected chi connectivity index (χ0v) is 18.7. The molecule has 4 aromatic rings. The molecule has 0 saturated heterocycles. The van der Waals surface area contributed by atoms with Gasteiger partial charge in [-0.25, -0.2) is 9.97 Å². The highest BCUT2D eigenvalue weighted by Gasteiger charge is 2.21. The minimum atomic E-state index is 0.277. The molecular weight excluding hydrogens is 420 g/mol. The van der Waals surface area contributed by atoms with Crippen molar-refractivity contribution in [2.24, 2.45) is 0 Å². The Morgan fingerprint density at radius 1 is 1.19 bits per heavy atom. The van der Waals surface area contributed by atoms with E-state index in [-0.39, 0.29) is 5.95 Å². The first-order valence-corrected chi connectivity index (χ1v) is 11.2. The predicted molar refractivity (Wildman–Crippen MR) is 131 cm³/mol. The smallest absolute Gasteiger partial charge is 0.222 e. The van der Waals surface area contributed by atoms with Crippen molar-refractivity contribution in [3.63, 3.8) is 0 Å². The van der Waals surface area contributed by atoms with Crippen LogP contribution < -0.4 is 21.1 Å². The summed E-state index contributed by atoms with van der Waals surface area (Å²) in [7, 11) is 0. The van der Waals surface area contributed by atoms with E-state index in [9.17, 15) is 0 Å². The van der Waals surface area contributed by atoms with Crippen molar-refractivity contribution in [1.82, 2.24) is 15.0 Å². The van der Waals surface area contributed by atoms with E-state index in [0.717, 1.165) is 54.7 Å². The highest BCUT2D eigenvalue weighted by Crippen LogP contribution is 2.34. The molecule has 0 radical (unpaired) electrons. The van der Waals surface area contributed by atoms with Gasteiger partial charge in [0, 0.05) is 40.5 Å². The van der Waals surface area contributed by atoms with Gasteiger partial charge in [0.15, 0.2) is 0 Å². The maximum atomic E-state index is 6.06. The van der Waals surface area contributed by atoms with Crippen LogP contribution in [0.3, 0.4) is 0 Å². The fourth-order valence-corrected chi connectivity index (χ4v) is 4.86. The fraction of sp³-hybridized carbons (Fsp3) is 0.208. The number of thiophene rings is 1. The lowest BCUT2D eigenvalue weighted by Crippen LogP contribution is -2.28. The first-order chi connectivity index (χ1) is 15.5. The second-order valence-electron chi connectivity index (χ2n) is 7.82. The Kier molecular flexibility index (Phi) is 5.14. The van der Waals surface area contributed by atoms with Crippen LogP contribution in [-0.4, -0.2) is 28.1 Å². The molecule has 0 bridgehead atoms. The van der Waals surface area contributed by atoms with Crippen LogP contribution in [0.5, 0.6) is 5.75 Å². The number of aromatic nitrogens is 3. The summed E-state index contributed by atoms with van der Waals surface area (Å²) in [6.07, 6.45) is 4.44. The maximum Gasteiger partial charge on any atom is 0.222 e. The Morgan fingerprint density at radius 3 is 2.91 bits per heavy atom. The molecule has 4 heterocycles. The second kappa shape index (κ2) is 8.12. The van der Waals surface area contributed by atoms with Gasteiger partial charge >= 0.3 is 0 Å². The van der Waals surface area contributed by atoms with Crippen molar-refractivity contribution in [3.8, 4) is 16.9 Å². The Balaban J connectivity index is 1.53. The molecule has 0 atom stereocenters. The van der Waals surface area contributed by atoms with E-state index in [0.29, 0.717) is 26.1 Å². The summed E-state index contributed by atoms with van der Waals surface area (Å²) in [4.78, 5) is 16.7. The van der Waals surface area contributed by atoms with Gasteiger partial charge < -0.3 is 21.1 Å². The summed E-state index contributed by atoms with van der Waals surface area (Å²) in [6, 6.07) is 10.4.